The summed E-state index contributed by atoms with van der Waals surface area (Å²) in [6, 6.07) is 74.5. The largest absolute Gasteiger partial charge is 0.310 e. The summed E-state index contributed by atoms with van der Waals surface area (Å²) in [6.07, 6.45) is 0. The van der Waals surface area contributed by atoms with Crippen LogP contribution in [0.1, 0.15) is 25.0 Å². The summed E-state index contributed by atoms with van der Waals surface area (Å²) in [6.45, 7) is 4.74. The molecule has 0 radical (unpaired) electrons. The van der Waals surface area contributed by atoms with E-state index in [1.807, 2.05) is 11.3 Å². The molecule has 59 heavy (non-hydrogen) atoms. The van der Waals surface area contributed by atoms with Gasteiger partial charge in [-0.3, -0.25) is 0 Å². The molecule has 0 saturated carbocycles. The first kappa shape index (κ1) is 34.1. The number of benzene rings is 9. The third kappa shape index (κ3) is 5.16. The summed E-state index contributed by atoms with van der Waals surface area (Å²) >= 11 is 1.88. The van der Waals surface area contributed by atoms with Gasteiger partial charge in [0.1, 0.15) is 0 Å². The van der Waals surface area contributed by atoms with Crippen molar-refractivity contribution in [3.05, 3.63) is 211 Å². The SMILES string of the molecule is CC1(C)c2ccccc2-c2ccc(N(c3ccc(-c4cccc5c4sc4ccccc45)cc3)c3ccc4c(c3)-c3ccccc3-c3ccccc3-c3ccccc3-4)cc21. The van der Waals surface area contributed by atoms with Crippen LogP contribution in [0.4, 0.5) is 17.1 Å². The van der Waals surface area contributed by atoms with Gasteiger partial charge in [0.15, 0.2) is 0 Å². The first-order chi connectivity index (χ1) is 29.0. The van der Waals surface area contributed by atoms with Gasteiger partial charge in [-0.15, -0.1) is 11.3 Å². The van der Waals surface area contributed by atoms with Gasteiger partial charge in [-0.1, -0.05) is 172 Å². The molecule has 278 valence electrons. The van der Waals surface area contributed by atoms with E-state index >= 15 is 0 Å². The highest BCUT2D eigenvalue weighted by Crippen LogP contribution is 2.53. The van der Waals surface area contributed by atoms with Crippen molar-refractivity contribution in [2.45, 2.75) is 19.3 Å². The average Bonchev–Trinajstić information content (AvgIpc) is 3.78. The number of nitrogens with zero attached hydrogens (tertiary/aromatic N) is 1. The topological polar surface area (TPSA) is 3.24 Å². The van der Waals surface area contributed by atoms with Gasteiger partial charge in [0.25, 0.3) is 0 Å². The zero-order chi connectivity index (χ0) is 39.2. The standard InChI is InChI=1S/C57H39NS/c1-57(2)53-24-11-9-20-48(53)49-33-31-39(35-54(49)57)58(37-28-26-36(27-29-37)40-22-13-23-51-50-21-10-12-25-55(50)59-56(40)51)38-30-32-47-45-18-6-5-16-43(45)41-14-3-4-15-42(41)44-17-7-8-19-46(44)52(47)34-38/h3-35H,1-2H3. The van der Waals surface area contributed by atoms with Crippen LogP contribution in [0.25, 0.3) is 86.9 Å². The van der Waals surface area contributed by atoms with E-state index in [-0.39, 0.29) is 5.41 Å². The molecule has 0 saturated heterocycles. The first-order valence-electron chi connectivity index (χ1n) is 20.5. The molecule has 0 fully saturated rings. The van der Waals surface area contributed by atoms with Gasteiger partial charge < -0.3 is 4.90 Å². The van der Waals surface area contributed by atoms with Crippen molar-refractivity contribution in [3.63, 3.8) is 0 Å². The molecule has 2 aliphatic carbocycles. The Labute approximate surface area is 349 Å². The number of anilines is 3. The molecule has 9 aromatic carbocycles. The molecule has 0 aliphatic heterocycles. The van der Waals surface area contributed by atoms with Crippen molar-refractivity contribution in [1.82, 2.24) is 0 Å². The van der Waals surface area contributed by atoms with Crippen molar-refractivity contribution < 1.29 is 0 Å². The van der Waals surface area contributed by atoms with Crippen molar-refractivity contribution in [3.8, 4) is 66.8 Å². The van der Waals surface area contributed by atoms with Crippen molar-refractivity contribution >= 4 is 48.6 Å². The Bertz CT molecular complexity index is 3300. The molecule has 0 atom stereocenters. The predicted octanol–water partition coefficient (Wildman–Crippen LogP) is 16.5. The summed E-state index contributed by atoms with van der Waals surface area (Å²) in [4.78, 5) is 2.46. The van der Waals surface area contributed by atoms with E-state index in [4.69, 9.17) is 0 Å². The lowest BCUT2D eigenvalue weighted by atomic mass is 9.80. The van der Waals surface area contributed by atoms with Gasteiger partial charge in [-0.05, 0) is 120 Å². The van der Waals surface area contributed by atoms with Crippen LogP contribution in [0.5, 0.6) is 0 Å². The molecule has 2 heteroatoms. The van der Waals surface area contributed by atoms with E-state index in [0.29, 0.717) is 0 Å². The maximum absolute atomic E-state index is 2.46. The molecule has 2 aliphatic rings. The molecule has 10 aromatic rings. The monoisotopic (exact) mass is 769 g/mol. The minimum atomic E-state index is -0.123. The molecule has 0 N–H and O–H groups in total. The normalized spacial score (nSPS) is 13.1. The summed E-state index contributed by atoms with van der Waals surface area (Å²) < 4.78 is 2.66. The van der Waals surface area contributed by atoms with E-state index in [0.717, 1.165) is 17.1 Å². The van der Waals surface area contributed by atoms with Crippen molar-refractivity contribution in [2.24, 2.45) is 0 Å². The zero-order valence-electron chi connectivity index (χ0n) is 32.9. The van der Waals surface area contributed by atoms with Gasteiger partial charge >= 0.3 is 0 Å². The minimum absolute atomic E-state index is 0.123. The highest BCUT2D eigenvalue weighted by Gasteiger charge is 2.36. The molecular formula is C57H39NS. The summed E-state index contributed by atoms with van der Waals surface area (Å²) in [5.41, 5.74) is 21.1. The maximum atomic E-state index is 2.46. The van der Waals surface area contributed by atoms with E-state index < -0.39 is 0 Å². The Hall–Kier alpha value is -7.00. The Balaban J connectivity index is 1.06. The van der Waals surface area contributed by atoms with Crippen LogP contribution >= 0.6 is 11.3 Å². The summed E-state index contributed by atoms with van der Waals surface area (Å²) in [5.74, 6) is 0. The first-order valence-corrected chi connectivity index (χ1v) is 21.3. The lowest BCUT2D eigenvalue weighted by Crippen LogP contribution is -2.16. The van der Waals surface area contributed by atoms with Crippen molar-refractivity contribution in [1.29, 1.82) is 0 Å². The van der Waals surface area contributed by atoms with Gasteiger partial charge in [-0.25, -0.2) is 0 Å². The van der Waals surface area contributed by atoms with E-state index in [9.17, 15) is 0 Å². The molecule has 12 rings (SSSR count). The highest BCUT2D eigenvalue weighted by atomic mass is 32.1. The Kier molecular flexibility index (Phi) is 7.51. The molecule has 1 aromatic heterocycles. The Morgan fingerprint density at radius 1 is 0.339 bits per heavy atom. The van der Waals surface area contributed by atoms with E-state index in [1.54, 1.807) is 0 Å². The molecule has 0 bridgehead atoms. The number of hydrogen-bond acceptors (Lipinski definition) is 2. The highest BCUT2D eigenvalue weighted by molar-refractivity contribution is 7.26. The fraction of sp³-hybridized carbons (Fsp3) is 0.0526. The van der Waals surface area contributed by atoms with Gasteiger partial charge in [0.2, 0.25) is 0 Å². The molecule has 0 amide bonds. The Morgan fingerprint density at radius 2 is 0.797 bits per heavy atom. The smallest absolute Gasteiger partial charge is 0.0468 e. The second-order valence-electron chi connectivity index (χ2n) is 16.4. The van der Waals surface area contributed by atoms with Gasteiger partial charge in [-0.2, -0.15) is 0 Å². The molecular weight excluding hydrogens is 731 g/mol. The molecule has 1 nitrogen and oxygen atoms in total. The van der Waals surface area contributed by atoms with Gasteiger partial charge in [0.05, 0.1) is 0 Å². The number of rotatable bonds is 4. The van der Waals surface area contributed by atoms with Crippen LogP contribution < -0.4 is 4.90 Å². The van der Waals surface area contributed by atoms with Gasteiger partial charge in [0, 0.05) is 42.6 Å². The molecule has 0 spiro atoms. The quantitative estimate of drug-likeness (QED) is 0.172. The third-order valence-electron chi connectivity index (χ3n) is 12.9. The van der Waals surface area contributed by atoms with E-state index in [2.05, 4.69) is 219 Å². The Morgan fingerprint density at radius 3 is 1.46 bits per heavy atom. The van der Waals surface area contributed by atoms with E-state index in [1.165, 1.54) is 98.1 Å². The number of hydrogen-bond donors (Lipinski definition) is 0. The second-order valence-corrected chi connectivity index (χ2v) is 17.5. The summed E-state index contributed by atoms with van der Waals surface area (Å²) in [5, 5.41) is 2.64. The zero-order valence-corrected chi connectivity index (χ0v) is 33.7. The molecule has 1 heterocycles. The maximum Gasteiger partial charge on any atom is 0.0468 e. The fourth-order valence-electron chi connectivity index (χ4n) is 10.0. The van der Waals surface area contributed by atoms with Crippen LogP contribution in [0.2, 0.25) is 0 Å². The summed E-state index contributed by atoms with van der Waals surface area (Å²) in [7, 11) is 0. The predicted molar refractivity (Wildman–Crippen MR) is 252 cm³/mol. The number of thiophene rings is 1. The lowest BCUT2D eigenvalue weighted by Gasteiger charge is -2.30. The molecule has 0 unspecified atom stereocenters. The number of fused-ring (bicyclic) bond motifs is 14. The second kappa shape index (κ2) is 13.0. The fourth-order valence-corrected chi connectivity index (χ4v) is 11.3. The van der Waals surface area contributed by atoms with Crippen LogP contribution in [0, 0.1) is 0 Å². The van der Waals surface area contributed by atoms with Crippen LogP contribution in [-0.2, 0) is 5.41 Å². The average molecular weight is 770 g/mol. The van der Waals surface area contributed by atoms with Crippen LogP contribution in [-0.4, -0.2) is 0 Å². The van der Waals surface area contributed by atoms with Crippen LogP contribution in [0.3, 0.4) is 0 Å². The third-order valence-corrected chi connectivity index (χ3v) is 14.1. The minimum Gasteiger partial charge on any atom is -0.310 e. The lowest BCUT2D eigenvalue weighted by molar-refractivity contribution is 0.660. The van der Waals surface area contributed by atoms with Crippen molar-refractivity contribution in [2.75, 3.05) is 4.90 Å². The van der Waals surface area contributed by atoms with Crippen LogP contribution in [0.15, 0.2) is 200 Å².